The second-order valence-corrected chi connectivity index (χ2v) is 6.53. The number of hydrogen-bond acceptors (Lipinski definition) is 4. The van der Waals surface area contributed by atoms with Crippen LogP contribution in [-0.4, -0.2) is 33.9 Å². The Kier molecular flexibility index (Phi) is 6.73. The second-order valence-electron chi connectivity index (χ2n) is 5.61. The van der Waals surface area contributed by atoms with Crippen LogP contribution in [0.15, 0.2) is 34.8 Å². The summed E-state index contributed by atoms with van der Waals surface area (Å²) in [6.45, 7) is 7.42. The monoisotopic (exact) mass is 390 g/mol. The third-order valence-corrected chi connectivity index (χ3v) is 3.98. The van der Waals surface area contributed by atoms with Gasteiger partial charge in [-0.3, -0.25) is 4.79 Å². The van der Waals surface area contributed by atoms with Crippen molar-refractivity contribution in [3.8, 4) is 0 Å². The molecule has 1 N–H and O–H groups in total. The van der Waals surface area contributed by atoms with E-state index >= 15 is 0 Å². The molecule has 24 heavy (non-hydrogen) atoms. The first-order valence-electron chi connectivity index (χ1n) is 8.21. The van der Waals surface area contributed by atoms with Gasteiger partial charge in [0.25, 0.3) is 5.91 Å². The Hall–Kier alpha value is -1.95. The minimum Gasteiger partial charge on any atom is -0.340 e. The molecule has 2 rings (SSSR count). The topological polar surface area (TPSA) is 58.1 Å². The molecule has 0 aliphatic heterocycles. The van der Waals surface area contributed by atoms with Gasteiger partial charge in [0.2, 0.25) is 0 Å². The number of amides is 1. The summed E-state index contributed by atoms with van der Waals surface area (Å²) in [6, 6.07) is 9.52. The molecule has 0 fully saturated rings. The van der Waals surface area contributed by atoms with Crippen LogP contribution in [0.25, 0.3) is 0 Å². The number of rotatable bonds is 7. The average Bonchev–Trinajstić information content (AvgIpc) is 2.55. The molecule has 0 atom stereocenters. The van der Waals surface area contributed by atoms with Crippen molar-refractivity contribution in [2.45, 2.75) is 33.6 Å². The van der Waals surface area contributed by atoms with Crippen LogP contribution in [0.2, 0.25) is 0 Å². The Bertz CT molecular complexity index is 682. The summed E-state index contributed by atoms with van der Waals surface area (Å²) in [5, 5.41) is 3.23. The van der Waals surface area contributed by atoms with Gasteiger partial charge in [0.1, 0.15) is 17.3 Å². The molecule has 5 nitrogen and oxygen atoms in total. The number of halogens is 1. The number of nitrogens with one attached hydrogen (secondary N) is 1. The Balaban J connectivity index is 2.23. The summed E-state index contributed by atoms with van der Waals surface area (Å²) < 4.78 is 1.01. The normalized spacial score (nSPS) is 10.5. The Labute approximate surface area is 151 Å². The van der Waals surface area contributed by atoms with Crippen LogP contribution in [-0.2, 0) is 0 Å². The minimum absolute atomic E-state index is 0.0388. The highest BCUT2D eigenvalue weighted by Crippen LogP contribution is 2.19. The van der Waals surface area contributed by atoms with Crippen LogP contribution in [0.3, 0.4) is 0 Å². The zero-order valence-corrected chi connectivity index (χ0v) is 15.9. The molecule has 128 valence electrons. The fourth-order valence-corrected chi connectivity index (χ4v) is 2.70. The smallest absolute Gasteiger partial charge is 0.272 e. The number of aromatic nitrogens is 2. The van der Waals surface area contributed by atoms with Crippen LogP contribution in [0, 0.1) is 6.92 Å². The van der Waals surface area contributed by atoms with Crippen molar-refractivity contribution in [3.05, 3.63) is 46.3 Å². The fourth-order valence-electron chi connectivity index (χ4n) is 2.44. The van der Waals surface area contributed by atoms with Gasteiger partial charge in [-0.1, -0.05) is 29.8 Å². The maximum Gasteiger partial charge on any atom is 0.272 e. The average molecular weight is 391 g/mol. The van der Waals surface area contributed by atoms with Crippen LogP contribution in [0.5, 0.6) is 0 Å². The molecule has 0 aliphatic carbocycles. The van der Waals surface area contributed by atoms with Crippen LogP contribution in [0.4, 0.5) is 11.5 Å². The molecule has 0 aliphatic rings. The first-order valence-corrected chi connectivity index (χ1v) is 9.00. The van der Waals surface area contributed by atoms with E-state index in [0.717, 1.165) is 36.1 Å². The van der Waals surface area contributed by atoms with E-state index in [1.165, 1.54) is 0 Å². The summed E-state index contributed by atoms with van der Waals surface area (Å²) in [7, 11) is 0. The van der Waals surface area contributed by atoms with Gasteiger partial charge in [0.15, 0.2) is 0 Å². The van der Waals surface area contributed by atoms with Gasteiger partial charge in [-0.05, 0) is 44.0 Å². The lowest BCUT2D eigenvalue weighted by Gasteiger charge is -2.21. The number of carbonyl (C=O) groups excluding carboxylic acids is 1. The molecule has 0 saturated heterocycles. The zero-order chi connectivity index (χ0) is 17.5. The lowest BCUT2D eigenvalue weighted by atomic mass is 10.2. The number of aryl methyl sites for hydroxylation is 1. The predicted molar refractivity (Wildman–Crippen MR) is 101 cm³/mol. The van der Waals surface area contributed by atoms with E-state index in [1.54, 1.807) is 13.0 Å². The van der Waals surface area contributed by atoms with Crippen molar-refractivity contribution in [1.82, 2.24) is 14.9 Å². The van der Waals surface area contributed by atoms with Gasteiger partial charge < -0.3 is 10.2 Å². The van der Waals surface area contributed by atoms with Gasteiger partial charge in [0, 0.05) is 29.3 Å². The van der Waals surface area contributed by atoms with E-state index in [1.807, 2.05) is 29.2 Å². The van der Waals surface area contributed by atoms with Crippen molar-refractivity contribution in [3.63, 3.8) is 0 Å². The van der Waals surface area contributed by atoms with Crippen molar-refractivity contribution < 1.29 is 4.79 Å². The van der Waals surface area contributed by atoms with Gasteiger partial charge in [-0.2, -0.15) is 0 Å². The third kappa shape index (κ3) is 5.03. The molecule has 0 radical (unpaired) electrons. The molecule has 1 aromatic heterocycles. The summed E-state index contributed by atoms with van der Waals surface area (Å²) >= 11 is 3.41. The molecule has 0 spiro atoms. The molecule has 1 heterocycles. The minimum atomic E-state index is -0.0388. The van der Waals surface area contributed by atoms with E-state index < -0.39 is 0 Å². The SMILES string of the molecule is CCCN(CCC)C(=O)c1cc(Nc2ccc(Br)cc2)nc(C)n1. The van der Waals surface area contributed by atoms with Gasteiger partial charge in [0.05, 0.1) is 0 Å². The highest BCUT2D eigenvalue weighted by Gasteiger charge is 2.17. The highest BCUT2D eigenvalue weighted by atomic mass is 79.9. The van der Waals surface area contributed by atoms with Crippen molar-refractivity contribution in [2.24, 2.45) is 0 Å². The predicted octanol–water partition coefficient (Wildman–Crippen LogP) is 4.55. The van der Waals surface area contributed by atoms with E-state index in [0.29, 0.717) is 17.3 Å². The van der Waals surface area contributed by atoms with Crippen LogP contribution in [0.1, 0.15) is 43.0 Å². The Morgan fingerprint density at radius 1 is 1.12 bits per heavy atom. The van der Waals surface area contributed by atoms with Gasteiger partial charge in [-0.25, -0.2) is 9.97 Å². The van der Waals surface area contributed by atoms with E-state index in [9.17, 15) is 4.79 Å². The highest BCUT2D eigenvalue weighted by molar-refractivity contribution is 9.10. The molecule has 0 saturated carbocycles. The fraction of sp³-hybridized carbons (Fsp3) is 0.389. The van der Waals surface area contributed by atoms with E-state index in [4.69, 9.17) is 0 Å². The number of anilines is 2. The molecule has 6 heteroatoms. The Morgan fingerprint density at radius 2 is 1.75 bits per heavy atom. The molecule has 0 bridgehead atoms. The molecule has 0 unspecified atom stereocenters. The second kappa shape index (κ2) is 8.78. The van der Waals surface area contributed by atoms with Crippen LogP contribution >= 0.6 is 15.9 Å². The van der Waals surface area contributed by atoms with Crippen molar-refractivity contribution in [1.29, 1.82) is 0 Å². The number of nitrogens with zero attached hydrogens (tertiary/aromatic N) is 3. The van der Waals surface area contributed by atoms with E-state index in [2.05, 4.69) is 45.1 Å². The molecular formula is C18H23BrN4O. The molecular weight excluding hydrogens is 368 g/mol. The maximum absolute atomic E-state index is 12.7. The molecule has 1 amide bonds. The van der Waals surface area contributed by atoms with Crippen molar-refractivity contribution >= 4 is 33.3 Å². The number of benzene rings is 1. The van der Waals surface area contributed by atoms with Gasteiger partial charge in [-0.15, -0.1) is 0 Å². The standard InChI is InChI=1S/C18H23BrN4O/c1-4-10-23(11-5-2)18(24)16-12-17(21-13(3)20-16)22-15-8-6-14(19)7-9-15/h6-9,12H,4-5,10-11H2,1-3H3,(H,20,21,22). The number of hydrogen-bond donors (Lipinski definition) is 1. The first kappa shape index (κ1) is 18.4. The van der Waals surface area contributed by atoms with Crippen LogP contribution < -0.4 is 5.32 Å². The molecule has 2 aromatic rings. The first-order chi connectivity index (χ1) is 11.5. The van der Waals surface area contributed by atoms with Gasteiger partial charge >= 0.3 is 0 Å². The summed E-state index contributed by atoms with van der Waals surface area (Å²) in [6.07, 6.45) is 1.86. The zero-order valence-electron chi connectivity index (χ0n) is 14.3. The third-order valence-electron chi connectivity index (χ3n) is 3.45. The number of carbonyl (C=O) groups is 1. The lowest BCUT2D eigenvalue weighted by Crippen LogP contribution is -2.33. The van der Waals surface area contributed by atoms with Crippen molar-refractivity contribution in [2.75, 3.05) is 18.4 Å². The maximum atomic E-state index is 12.7. The largest absolute Gasteiger partial charge is 0.340 e. The molecule has 1 aromatic carbocycles. The summed E-state index contributed by atoms with van der Waals surface area (Å²) in [5.41, 5.74) is 1.35. The summed E-state index contributed by atoms with van der Waals surface area (Å²) in [4.78, 5) is 23.3. The quantitative estimate of drug-likeness (QED) is 0.752. The van der Waals surface area contributed by atoms with E-state index in [-0.39, 0.29) is 5.91 Å². The summed E-state index contributed by atoms with van der Waals surface area (Å²) in [5.74, 6) is 1.16. The lowest BCUT2D eigenvalue weighted by molar-refractivity contribution is 0.0749. The Morgan fingerprint density at radius 3 is 2.33 bits per heavy atom.